The van der Waals surface area contributed by atoms with Gasteiger partial charge in [0.2, 0.25) is 0 Å². The van der Waals surface area contributed by atoms with Crippen LogP contribution in [0.15, 0.2) is 48.5 Å². The summed E-state index contributed by atoms with van der Waals surface area (Å²) in [7, 11) is 0. The molecule has 2 aliphatic rings. The predicted octanol–water partition coefficient (Wildman–Crippen LogP) is 6.41. The zero-order chi connectivity index (χ0) is 26.2. The van der Waals surface area contributed by atoms with Crippen molar-refractivity contribution in [1.29, 1.82) is 0 Å². The van der Waals surface area contributed by atoms with Gasteiger partial charge >= 0.3 is 0 Å². The van der Waals surface area contributed by atoms with Crippen LogP contribution in [0.25, 0.3) is 0 Å². The predicted molar refractivity (Wildman–Crippen MR) is 139 cm³/mol. The fourth-order valence-corrected chi connectivity index (χ4v) is 3.53. The summed E-state index contributed by atoms with van der Waals surface area (Å²) in [5.74, 6) is 1.43. The summed E-state index contributed by atoms with van der Waals surface area (Å²) >= 11 is 0. The van der Waals surface area contributed by atoms with Gasteiger partial charge in [-0.25, -0.2) is 19.4 Å². The van der Waals surface area contributed by atoms with E-state index in [2.05, 4.69) is 0 Å². The van der Waals surface area contributed by atoms with Gasteiger partial charge in [-0.3, -0.25) is 0 Å². The smallest absolute Gasteiger partial charge is 0.147 e. The number of para-hydroxylation sites is 4. The van der Waals surface area contributed by atoms with Crippen molar-refractivity contribution in [3.63, 3.8) is 0 Å². The summed E-state index contributed by atoms with van der Waals surface area (Å²) in [4.78, 5) is 24.2. The van der Waals surface area contributed by atoms with Gasteiger partial charge in [0, 0.05) is 0 Å². The Morgan fingerprint density at radius 3 is 1.17 bits per heavy atom. The van der Waals surface area contributed by atoms with E-state index in [1.807, 2.05) is 104 Å². The molecule has 8 nitrogen and oxygen atoms in total. The number of anilines is 2. The van der Waals surface area contributed by atoms with E-state index in [-0.39, 0.29) is 0 Å². The number of hydrogen-bond acceptors (Lipinski definition) is 8. The fraction of sp³-hybridized carbons (Fsp3) is 0.571. The summed E-state index contributed by atoms with van der Waals surface area (Å²) in [6, 6.07) is 15.5. The lowest BCUT2D eigenvalue weighted by molar-refractivity contribution is -0.0289. The molecule has 0 unspecified atom stereocenters. The Hall–Kier alpha value is -2.52. The van der Waals surface area contributed by atoms with Crippen LogP contribution in [-0.4, -0.2) is 35.6 Å². The Morgan fingerprint density at radius 1 is 0.528 bits per heavy atom. The molecule has 2 aromatic rings. The topological polar surface area (TPSA) is 61.9 Å². The second-order valence-electron chi connectivity index (χ2n) is 11.3. The third-order valence-corrected chi connectivity index (χ3v) is 7.32. The highest BCUT2D eigenvalue weighted by atomic mass is 17.0. The van der Waals surface area contributed by atoms with E-state index in [4.69, 9.17) is 28.8 Å². The van der Waals surface area contributed by atoms with Crippen molar-refractivity contribution in [2.75, 3.05) is 23.7 Å². The highest BCUT2D eigenvalue weighted by Crippen LogP contribution is 2.43. The summed E-state index contributed by atoms with van der Waals surface area (Å²) in [5.41, 5.74) is -0.376. The minimum atomic E-state index is -0.468. The van der Waals surface area contributed by atoms with Crippen molar-refractivity contribution in [1.82, 2.24) is 0 Å². The van der Waals surface area contributed by atoms with Crippen LogP contribution in [0, 0.1) is 0 Å². The molecule has 2 fully saturated rings. The van der Waals surface area contributed by atoms with Crippen LogP contribution in [0.1, 0.15) is 68.2 Å². The zero-order valence-corrected chi connectivity index (χ0v) is 22.8. The Kier molecular flexibility index (Phi) is 7.18. The first kappa shape index (κ1) is 26.5. The highest BCUT2D eigenvalue weighted by Gasteiger charge is 2.51. The van der Waals surface area contributed by atoms with Gasteiger partial charge in [-0.1, -0.05) is 24.3 Å². The molecule has 198 valence electrons. The van der Waals surface area contributed by atoms with Gasteiger partial charge in [-0.2, -0.15) is 0 Å². The van der Waals surface area contributed by atoms with Crippen molar-refractivity contribution in [3.8, 4) is 11.5 Å². The van der Waals surface area contributed by atoms with Crippen LogP contribution in [0.3, 0.4) is 0 Å². The van der Waals surface area contributed by atoms with Crippen LogP contribution in [0.4, 0.5) is 11.4 Å². The Labute approximate surface area is 214 Å². The first-order valence-corrected chi connectivity index (χ1v) is 12.6. The molecule has 0 bridgehead atoms. The molecule has 0 saturated carbocycles. The summed E-state index contributed by atoms with van der Waals surface area (Å²) < 4.78 is 12.2. The van der Waals surface area contributed by atoms with Crippen molar-refractivity contribution in [2.24, 2.45) is 0 Å². The largest absolute Gasteiger partial charge is 0.491 e. The van der Waals surface area contributed by atoms with Gasteiger partial charge in [0.1, 0.15) is 45.3 Å². The summed E-state index contributed by atoms with van der Waals surface area (Å²) in [6.45, 7) is 17.2. The molecule has 0 N–H and O–H groups in total. The molecule has 0 amide bonds. The van der Waals surface area contributed by atoms with Gasteiger partial charge in [0.25, 0.3) is 0 Å². The monoisotopic (exact) mass is 500 g/mol. The number of ether oxygens (including phenoxy) is 2. The molecule has 36 heavy (non-hydrogen) atoms. The number of unbranched alkanes of at least 4 members (excludes halogenated alkanes) is 1. The highest BCUT2D eigenvalue weighted by molar-refractivity contribution is 5.56. The standard InChI is InChI=1S/C28H40N2O6/c1-25(2)26(3,4)34-29(33-25)21-15-9-11-17-23(21)31-19-13-14-20-32-24-18-12-10-16-22(24)30-35-27(5,6)28(7,8)36-30/h9-12,15-18H,13-14,19-20H2,1-8H3. The molecule has 2 heterocycles. The number of benzene rings is 2. The van der Waals surface area contributed by atoms with E-state index in [0.717, 1.165) is 24.2 Å². The van der Waals surface area contributed by atoms with Gasteiger partial charge in [0.05, 0.1) is 13.2 Å². The van der Waals surface area contributed by atoms with Gasteiger partial charge in [0.15, 0.2) is 0 Å². The zero-order valence-electron chi connectivity index (χ0n) is 22.8. The molecule has 0 atom stereocenters. The lowest BCUT2D eigenvalue weighted by Gasteiger charge is -2.26. The van der Waals surface area contributed by atoms with E-state index >= 15 is 0 Å². The molecular formula is C28H40N2O6. The maximum absolute atomic E-state index is 6.08. The van der Waals surface area contributed by atoms with E-state index in [9.17, 15) is 0 Å². The quantitative estimate of drug-likeness (QED) is 0.366. The van der Waals surface area contributed by atoms with Crippen LogP contribution in [0.2, 0.25) is 0 Å². The van der Waals surface area contributed by atoms with Crippen LogP contribution in [0.5, 0.6) is 11.5 Å². The first-order valence-electron chi connectivity index (χ1n) is 12.6. The molecule has 8 heteroatoms. The molecule has 4 rings (SSSR count). The molecule has 2 saturated heterocycles. The van der Waals surface area contributed by atoms with Gasteiger partial charge in [-0.15, -0.1) is 10.5 Å². The second-order valence-corrected chi connectivity index (χ2v) is 11.3. The molecular weight excluding hydrogens is 460 g/mol. The number of rotatable bonds is 9. The SMILES string of the molecule is CC1(C)ON(c2ccccc2OCCCCOc2ccccc2N2OC(C)(C)C(C)(C)O2)OC1(C)C. The summed E-state index contributed by atoms with van der Waals surface area (Å²) in [5, 5.41) is 2.95. The average molecular weight is 501 g/mol. The van der Waals surface area contributed by atoms with Crippen LogP contribution in [-0.2, 0) is 19.4 Å². The third-order valence-electron chi connectivity index (χ3n) is 7.32. The van der Waals surface area contributed by atoms with Gasteiger partial charge < -0.3 is 9.47 Å². The second kappa shape index (κ2) is 9.74. The Balaban J connectivity index is 1.28. The number of nitrogens with zero attached hydrogens (tertiary/aromatic N) is 2. The molecule has 2 aromatic carbocycles. The lowest BCUT2D eigenvalue weighted by Crippen LogP contribution is -2.41. The maximum Gasteiger partial charge on any atom is 0.147 e. The third kappa shape index (κ3) is 5.27. The molecule has 0 aliphatic carbocycles. The van der Waals surface area contributed by atoms with Gasteiger partial charge in [-0.05, 0) is 92.5 Å². The van der Waals surface area contributed by atoms with Crippen molar-refractivity contribution in [2.45, 2.75) is 90.6 Å². The molecule has 0 radical (unpaired) electrons. The minimum Gasteiger partial charge on any atom is -0.491 e. The molecule has 0 spiro atoms. The van der Waals surface area contributed by atoms with E-state index in [1.165, 1.54) is 10.5 Å². The van der Waals surface area contributed by atoms with Crippen LogP contribution >= 0.6 is 0 Å². The fourth-order valence-electron chi connectivity index (χ4n) is 3.53. The van der Waals surface area contributed by atoms with E-state index in [1.54, 1.807) is 0 Å². The Bertz CT molecular complexity index is 936. The minimum absolute atomic E-state index is 0.468. The Morgan fingerprint density at radius 2 is 0.833 bits per heavy atom. The van der Waals surface area contributed by atoms with Crippen molar-refractivity contribution in [3.05, 3.63) is 48.5 Å². The average Bonchev–Trinajstić information content (AvgIpc) is 3.16. The van der Waals surface area contributed by atoms with Crippen molar-refractivity contribution < 1.29 is 28.8 Å². The van der Waals surface area contributed by atoms with Crippen molar-refractivity contribution >= 4 is 11.4 Å². The first-order chi connectivity index (χ1) is 16.8. The maximum atomic E-state index is 6.08. The normalized spacial score (nSPS) is 21.6. The van der Waals surface area contributed by atoms with E-state index < -0.39 is 22.4 Å². The summed E-state index contributed by atoms with van der Waals surface area (Å²) in [6.07, 6.45) is 1.65. The molecule has 2 aliphatic heterocycles. The number of hydrogen-bond donors (Lipinski definition) is 0. The van der Waals surface area contributed by atoms with Crippen LogP contribution < -0.4 is 19.9 Å². The van der Waals surface area contributed by atoms with E-state index in [0.29, 0.717) is 24.7 Å². The molecule has 0 aromatic heterocycles. The lowest BCUT2D eigenvalue weighted by atomic mass is 9.90.